The molecule has 0 spiro atoms. The van der Waals surface area contributed by atoms with Gasteiger partial charge in [-0.2, -0.15) is 5.10 Å². The van der Waals surface area contributed by atoms with Crippen LogP contribution in [0.5, 0.6) is 11.5 Å². The third kappa shape index (κ3) is 5.26. The van der Waals surface area contributed by atoms with E-state index >= 15 is 0 Å². The molecule has 1 aliphatic carbocycles. The van der Waals surface area contributed by atoms with Crippen LogP contribution in [0.15, 0.2) is 88.4 Å². The molecule has 40 heavy (non-hydrogen) atoms. The molecule has 208 valence electrons. The zero-order valence-electron chi connectivity index (χ0n) is 23.1. The third-order valence-electron chi connectivity index (χ3n) is 7.50. The van der Waals surface area contributed by atoms with Crippen LogP contribution in [-0.4, -0.2) is 57.7 Å². The van der Waals surface area contributed by atoms with Gasteiger partial charge < -0.3 is 9.47 Å². The number of ether oxygens (including phenoxy) is 2. The molecule has 0 bridgehead atoms. The Bertz CT molecular complexity index is 1540. The lowest BCUT2D eigenvalue weighted by Crippen LogP contribution is -2.32. The smallest absolute Gasteiger partial charge is 0.274 e. The maximum atomic E-state index is 13.9. The second-order valence-electron chi connectivity index (χ2n) is 10.1. The van der Waals surface area contributed by atoms with Crippen LogP contribution in [0.4, 0.5) is 0 Å². The summed E-state index contributed by atoms with van der Waals surface area (Å²) in [6.07, 6.45) is 4.90. The van der Waals surface area contributed by atoms with Gasteiger partial charge in [-0.25, -0.2) is 17.7 Å². The number of amides is 1. The molecule has 1 heterocycles. The second kappa shape index (κ2) is 11.3. The predicted molar refractivity (Wildman–Crippen MR) is 155 cm³/mol. The van der Waals surface area contributed by atoms with Gasteiger partial charge in [0.2, 0.25) is 10.0 Å². The lowest BCUT2D eigenvalue weighted by atomic mass is 9.77. The molecule has 1 fully saturated rings. The fourth-order valence-electron chi connectivity index (χ4n) is 5.32. The van der Waals surface area contributed by atoms with Gasteiger partial charge in [0.1, 0.15) is 11.5 Å². The fourth-order valence-corrected chi connectivity index (χ4v) is 6.22. The molecule has 9 heteroatoms. The molecule has 0 unspecified atom stereocenters. The predicted octanol–water partition coefficient (Wildman–Crippen LogP) is 5.39. The molecule has 0 radical (unpaired) electrons. The Morgan fingerprint density at radius 2 is 1.52 bits per heavy atom. The number of nitrogens with zero attached hydrogens (tertiary/aromatic N) is 3. The summed E-state index contributed by atoms with van der Waals surface area (Å²) in [6.45, 7) is 0. The highest BCUT2D eigenvalue weighted by Gasteiger charge is 2.44. The number of hydrazone groups is 1. The molecule has 3 aromatic carbocycles. The summed E-state index contributed by atoms with van der Waals surface area (Å²) < 4.78 is 36.9. The molecule has 3 aromatic rings. The van der Waals surface area contributed by atoms with Gasteiger partial charge in [0.05, 0.1) is 30.9 Å². The normalized spacial score (nSPS) is 19.9. The van der Waals surface area contributed by atoms with Crippen molar-refractivity contribution in [1.29, 1.82) is 0 Å². The summed E-state index contributed by atoms with van der Waals surface area (Å²) in [6, 6.07) is 21.4. The SMILES string of the molecule is COc1ccc(/C=C2/CCC[C@@H]3C2=NN(C(=O)c2ccc(S(=O)(=O)N(C)C)cc2)[C@H]3c2ccc(OC)cc2)cc1. The topological polar surface area (TPSA) is 88.5 Å². The van der Waals surface area contributed by atoms with Crippen molar-refractivity contribution in [1.82, 2.24) is 9.31 Å². The Morgan fingerprint density at radius 3 is 2.10 bits per heavy atom. The quantitative estimate of drug-likeness (QED) is 0.387. The molecule has 8 nitrogen and oxygen atoms in total. The van der Waals surface area contributed by atoms with Crippen molar-refractivity contribution < 1.29 is 22.7 Å². The highest BCUT2D eigenvalue weighted by atomic mass is 32.2. The molecule has 0 N–H and O–H groups in total. The van der Waals surface area contributed by atoms with E-state index in [1.165, 1.54) is 26.2 Å². The second-order valence-corrected chi connectivity index (χ2v) is 12.3. The van der Waals surface area contributed by atoms with Crippen LogP contribution in [0.3, 0.4) is 0 Å². The summed E-state index contributed by atoms with van der Waals surface area (Å²) in [5.41, 5.74) is 4.42. The van der Waals surface area contributed by atoms with E-state index in [2.05, 4.69) is 6.08 Å². The zero-order chi connectivity index (χ0) is 28.4. The van der Waals surface area contributed by atoms with Crippen LogP contribution in [0.1, 0.15) is 46.8 Å². The number of rotatable bonds is 7. The molecular formula is C31H33N3O5S. The standard InChI is InChI=1S/C31H33N3O5S/c1-33(2)40(36,37)27-18-12-23(13-19-27)31(35)34-30(22-10-16-26(39-4)17-11-22)28-7-5-6-24(29(28)32-34)20-21-8-14-25(38-3)15-9-21/h8-20,28,30H,5-7H2,1-4H3/b24-20-/t28-,30+/m1/s1. The van der Waals surface area contributed by atoms with Crippen molar-refractivity contribution in [2.45, 2.75) is 30.2 Å². The molecule has 2 aliphatic rings. The van der Waals surface area contributed by atoms with Crippen molar-refractivity contribution in [2.24, 2.45) is 11.0 Å². The molecular weight excluding hydrogens is 526 g/mol. The maximum absolute atomic E-state index is 13.9. The first-order valence-electron chi connectivity index (χ1n) is 13.2. The van der Waals surface area contributed by atoms with Gasteiger partial charge in [-0.15, -0.1) is 0 Å². The number of allylic oxidation sites excluding steroid dienone is 1. The average Bonchev–Trinajstić information content (AvgIpc) is 3.38. The number of methoxy groups -OCH3 is 2. The van der Waals surface area contributed by atoms with E-state index in [4.69, 9.17) is 14.6 Å². The van der Waals surface area contributed by atoms with E-state index in [1.54, 1.807) is 31.4 Å². The van der Waals surface area contributed by atoms with E-state index in [0.717, 1.165) is 57.5 Å². The Morgan fingerprint density at radius 1 is 0.925 bits per heavy atom. The molecule has 0 saturated heterocycles. The minimum atomic E-state index is -3.60. The minimum Gasteiger partial charge on any atom is -0.497 e. The van der Waals surface area contributed by atoms with Crippen LogP contribution in [0.25, 0.3) is 6.08 Å². The van der Waals surface area contributed by atoms with Gasteiger partial charge in [0, 0.05) is 25.6 Å². The molecule has 1 amide bonds. The van der Waals surface area contributed by atoms with E-state index in [9.17, 15) is 13.2 Å². The van der Waals surface area contributed by atoms with Crippen LogP contribution in [0.2, 0.25) is 0 Å². The van der Waals surface area contributed by atoms with Crippen LogP contribution < -0.4 is 9.47 Å². The van der Waals surface area contributed by atoms with E-state index in [0.29, 0.717) is 5.56 Å². The number of carbonyl (C=O) groups is 1. The first-order valence-corrected chi connectivity index (χ1v) is 14.6. The van der Waals surface area contributed by atoms with Crippen molar-refractivity contribution in [3.63, 3.8) is 0 Å². The van der Waals surface area contributed by atoms with Crippen molar-refractivity contribution in [3.05, 3.63) is 95.1 Å². The third-order valence-corrected chi connectivity index (χ3v) is 9.33. The maximum Gasteiger partial charge on any atom is 0.274 e. The number of hydrogen-bond acceptors (Lipinski definition) is 6. The van der Waals surface area contributed by atoms with Crippen LogP contribution in [-0.2, 0) is 10.0 Å². The van der Waals surface area contributed by atoms with Gasteiger partial charge in [-0.1, -0.05) is 24.3 Å². The Hall–Kier alpha value is -3.95. The number of carbonyl (C=O) groups excluding carboxylic acids is 1. The highest BCUT2D eigenvalue weighted by Crippen LogP contribution is 2.45. The highest BCUT2D eigenvalue weighted by molar-refractivity contribution is 7.89. The summed E-state index contributed by atoms with van der Waals surface area (Å²) in [5.74, 6) is 1.29. The number of fused-ring (bicyclic) bond motifs is 1. The van der Waals surface area contributed by atoms with Gasteiger partial charge in [0.15, 0.2) is 0 Å². The van der Waals surface area contributed by atoms with Crippen molar-refractivity contribution in [2.75, 3.05) is 28.3 Å². The minimum absolute atomic E-state index is 0.0315. The molecule has 2 atom stereocenters. The number of sulfonamides is 1. The summed E-state index contributed by atoms with van der Waals surface area (Å²) >= 11 is 0. The lowest BCUT2D eigenvalue weighted by molar-refractivity contribution is 0.0680. The van der Waals surface area contributed by atoms with Gasteiger partial charge in [-0.05, 0) is 90.6 Å². The number of hydrogen-bond donors (Lipinski definition) is 0. The van der Waals surface area contributed by atoms with E-state index in [1.807, 2.05) is 48.5 Å². The summed E-state index contributed by atoms with van der Waals surface area (Å²) in [4.78, 5) is 14.1. The largest absolute Gasteiger partial charge is 0.497 e. The van der Waals surface area contributed by atoms with Crippen LogP contribution in [0, 0.1) is 5.92 Å². The van der Waals surface area contributed by atoms with Crippen molar-refractivity contribution >= 4 is 27.7 Å². The number of benzene rings is 3. The van der Waals surface area contributed by atoms with Gasteiger partial charge in [-0.3, -0.25) is 4.79 Å². The Kier molecular flexibility index (Phi) is 7.78. The summed E-state index contributed by atoms with van der Waals surface area (Å²) in [5, 5.41) is 6.52. The first-order chi connectivity index (χ1) is 19.2. The Balaban J connectivity index is 1.53. The molecule has 1 aliphatic heterocycles. The Labute approximate surface area is 235 Å². The molecule has 5 rings (SSSR count). The fraction of sp³-hybridized carbons (Fsp3) is 0.290. The monoisotopic (exact) mass is 559 g/mol. The molecule has 0 aromatic heterocycles. The zero-order valence-corrected chi connectivity index (χ0v) is 23.9. The molecule has 1 saturated carbocycles. The van der Waals surface area contributed by atoms with Gasteiger partial charge in [0.25, 0.3) is 5.91 Å². The van der Waals surface area contributed by atoms with Crippen LogP contribution >= 0.6 is 0 Å². The van der Waals surface area contributed by atoms with E-state index < -0.39 is 10.0 Å². The lowest BCUT2D eigenvalue weighted by Gasteiger charge is -2.29. The van der Waals surface area contributed by atoms with Gasteiger partial charge >= 0.3 is 0 Å². The summed E-state index contributed by atoms with van der Waals surface area (Å²) in [7, 11) is 2.62. The van der Waals surface area contributed by atoms with Crippen molar-refractivity contribution in [3.8, 4) is 11.5 Å². The first kappa shape index (κ1) is 27.6. The van der Waals surface area contributed by atoms with E-state index in [-0.39, 0.29) is 22.8 Å². The average molecular weight is 560 g/mol.